The standard InChI is InChI=1S/C14H14Cl2N2O/c1-8-6-7-10(19-8)14-17-12(15)11(13(16)18-14)9-4-2-3-5-9/h6-7,9H,2-5H2,1H3. The molecule has 0 radical (unpaired) electrons. The first kappa shape index (κ1) is 12.9. The van der Waals surface area contributed by atoms with E-state index in [2.05, 4.69) is 9.97 Å². The van der Waals surface area contributed by atoms with Crippen molar-refractivity contribution in [3.8, 4) is 11.6 Å². The Morgan fingerprint density at radius 1 is 1.11 bits per heavy atom. The fourth-order valence-electron chi connectivity index (χ4n) is 2.63. The van der Waals surface area contributed by atoms with Crippen LogP contribution in [0.4, 0.5) is 0 Å². The number of furan rings is 1. The Morgan fingerprint density at radius 2 is 1.74 bits per heavy atom. The molecule has 1 aliphatic carbocycles. The average molecular weight is 297 g/mol. The van der Waals surface area contributed by atoms with Gasteiger partial charge >= 0.3 is 0 Å². The van der Waals surface area contributed by atoms with E-state index in [1.807, 2.05) is 19.1 Å². The molecule has 1 saturated carbocycles. The monoisotopic (exact) mass is 296 g/mol. The smallest absolute Gasteiger partial charge is 0.198 e. The van der Waals surface area contributed by atoms with Crippen LogP contribution in [0.3, 0.4) is 0 Å². The van der Waals surface area contributed by atoms with Gasteiger partial charge in [-0.15, -0.1) is 0 Å². The third-order valence-corrected chi connectivity index (χ3v) is 4.15. The highest BCUT2D eigenvalue weighted by Gasteiger charge is 2.25. The molecule has 0 spiro atoms. The van der Waals surface area contributed by atoms with Crippen molar-refractivity contribution in [2.24, 2.45) is 0 Å². The minimum absolute atomic E-state index is 0.396. The number of hydrogen-bond donors (Lipinski definition) is 0. The number of aryl methyl sites for hydroxylation is 1. The number of rotatable bonds is 2. The van der Waals surface area contributed by atoms with Gasteiger partial charge in [-0.1, -0.05) is 36.0 Å². The van der Waals surface area contributed by atoms with E-state index in [0.29, 0.717) is 27.8 Å². The number of aromatic nitrogens is 2. The van der Waals surface area contributed by atoms with E-state index in [-0.39, 0.29) is 0 Å². The van der Waals surface area contributed by atoms with Crippen molar-refractivity contribution in [1.29, 1.82) is 0 Å². The zero-order chi connectivity index (χ0) is 13.4. The van der Waals surface area contributed by atoms with Gasteiger partial charge in [-0.3, -0.25) is 0 Å². The molecule has 2 aromatic rings. The van der Waals surface area contributed by atoms with E-state index in [1.54, 1.807) is 0 Å². The average Bonchev–Trinajstić information content (AvgIpc) is 2.99. The summed E-state index contributed by atoms with van der Waals surface area (Å²) in [4.78, 5) is 8.68. The first-order chi connectivity index (χ1) is 9.15. The van der Waals surface area contributed by atoms with Crippen molar-refractivity contribution in [1.82, 2.24) is 9.97 Å². The van der Waals surface area contributed by atoms with Crippen LogP contribution in [0.1, 0.15) is 42.9 Å². The molecule has 1 fully saturated rings. The number of halogens is 2. The second-order valence-electron chi connectivity index (χ2n) is 4.93. The van der Waals surface area contributed by atoms with Gasteiger partial charge in [-0.05, 0) is 37.8 Å². The second kappa shape index (κ2) is 5.14. The van der Waals surface area contributed by atoms with Gasteiger partial charge in [0, 0.05) is 5.56 Å². The van der Waals surface area contributed by atoms with Gasteiger partial charge in [0.2, 0.25) is 0 Å². The first-order valence-corrected chi connectivity index (χ1v) is 7.20. The summed E-state index contributed by atoms with van der Waals surface area (Å²) in [6, 6.07) is 3.69. The lowest BCUT2D eigenvalue weighted by Crippen LogP contribution is -2.01. The van der Waals surface area contributed by atoms with Crippen LogP contribution in [0.25, 0.3) is 11.6 Å². The molecule has 100 valence electrons. The fourth-order valence-corrected chi connectivity index (χ4v) is 3.33. The zero-order valence-electron chi connectivity index (χ0n) is 10.6. The summed E-state index contributed by atoms with van der Waals surface area (Å²) in [7, 11) is 0. The van der Waals surface area contributed by atoms with Gasteiger partial charge < -0.3 is 4.42 Å². The highest BCUT2D eigenvalue weighted by atomic mass is 35.5. The SMILES string of the molecule is Cc1ccc(-c2nc(Cl)c(C3CCCC3)c(Cl)n2)o1. The molecule has 2 aromatic heterocycles. The van der Waals surface area contributed by atoms with Gasteiger partial charge in [0.25, 0.3) is 0 Å². The van der Waals surface area contributed by atoms with Crippen LogP contribution in [0.2, 0.25) is 10.3 Å². The molecule has 0 saturated heterocycles. The van der Waals surface area contributed by atoms with Crippen LogP contribution in [0.15, 0.2) is 16.5 Å². The number of hydrogen-bond acceptors (Lipinski definition) is 3. The van der Waals surface area contributed by atoms with E-state index < -0.39 is 0 Å². The largest absolute Gasteiger partial charge is 0.458 e. The molecule has 3 nitrogen and oxygen atoms in total. The van der Waals surface area contributed by atoms with E-state index >= 15 is 0 Å². The number of nitrogens with zero attached hydrogens (tertiary/aromatic N) is 2. The van der Waals surface area contributed by atoms with Crippen LogP contribution in [0, 0.1) is 6.92 Å². The summed E-state index contributed by atoms with van der Waals surface area (Å²) < 4.78 is 5.50. The van der Waals surface area contributed by atoms with Crippen molar-refractivity contribution >= 4 is 23.2 Å². The lowest BCUT2D eigenvalue weighted by molar-refractivity contribution is 0.543. The lowest BCUT2D eigenvalue weighted by Gasteiger charge is -2.13. The Bertz CT molecular complexity index is 580. The molecule has 0 aliphatic heterocycles. The lowest BCUT2D eigenvalue weighted by atomic mass is 10.0. The molecule has 19 heavy (non-hydrogen) atoms. The molecule has 0 N–H and O–H groups in total. The maximum Gasteiger partial charge on any atom is 0.198 e. The molecule has 0 amide bonds. The van der Waals surface area contributed by atoms with Crippen LogP contribution < -0.4 is 0 Å². The Labute approximate surface area is 122 Å². The van der Waals surface area contributed by atoms with Crippen LogP contribution >= 0.6 is 23.2 Å². The Hall–Kier alpha value is -1.06. The molecule has 1 aliphatic rings. The van der Waals surface area contributed by atoms with Crippen molar-refractivity contribution in [2.45, 2.75) is 38.5 Å². The molecule has 3 rings (SSSR count). The van der Waals surface area contributed by atoms with E-state index in [4.69, 9.17) is 27.6 Å². The quantitative estimate of drug-likeness (QED) is 0.731. The van der Waals surface area contributed by atoms with Gasteiger partial charge in [0.15, 0.2) is 11.6 Å². The second-order valence-corrected chi connectivity index (χ2v) is 5.65. The van der Waals surface area contributed by atoms with Crippen molar-refractivity contribution in [3.63, 3.8) is 0 Å². The molecule has 2 heterocycles. The molecule has 0 bridgehead atoms. The Morgan fingerprint density at radius 3 is 2.26 bits per heavy atom. The van der Waals surface area contributed by atoms with E-state index in [9.17, 15) is 0 Å². The predicted octanol–water partition coefficient (Wildman–Crippen LogP) is 5.01. The maximum atomic E-state index is 6.29. The third-order valence-electron chi connectivity index (χ3n) is 3.58. The molecule has 0 unspecified atom stereocenters. The summed E-state index contributed by atoms with van der Waals surface area (Å²) in [6.45, 7) is 1.87. The summed E-state index contributed by atoms with van der Waals surface area (Å²) in [5, 5.41) is 0.909. The molecule has 0 atom stereocenters. The summed E-state index contributed by atoms with van der Waals surface area (Å²) >= 11 is 12.6. The highest BCUT2D eigenvalue weighted by Crippen LogP contribution is 2.40. The van der Waals surface area contributed by atoms with E-state index in [1.165, 1.54) is 12.8 Å². The summed E-state index contributed by atoms with van der Waals surface area (Å²) in [5.41, 5.74) is 0.896. The Kier molecular flexibility index (Phi) is 3.50. The molecule has 0 aromatic carbocycles. The van der Waals surface area contributed by atoms with Crippen molar-refractivity contribution < 1.29 is 4.42 Å². The topological polar surface area (TPSA) is 38.9 Å². The molecular formula is C14H14Cl2N2O. The fraction of sp³-hybridized carbons (Fsp3) is 0.429. The van der Waals surface area contributed by atoms with Crippen LogP contribution in [-0.4, -0.2) is 9.97 Å². The van der Waals surface area contributed by atoms with Crippen molar-refractivity contribution in [3.05, 3.63) is 33.8 Å². The minimum Gasteiger partial charge on any atom is -0.458 e. The van der Waals surface area contributed by atoms with Crippen molar-refractivity contribution in [2.75, 3.05) is 0 Å². The first-order valence-electron chi connectivity index (χ1n) is 6.45. The highest BCUT2D eigenvalue weighted by molar-refractivity contribution is 6.34. The maximum absolute atomic E-state index is 6.29. The Balaban J connectivity index is 2.02. The van der Waals surface area contributed by atoms with Gasteiger partial charge in [0.05, 0.1) is 0 Å². The van der Waals surface area contributed by atoms with Gasteiger partial charge in [0.1, 0.15) is 16.1 Å². The van der Waals surface area contributed by atoms with Crippen LogP contribution in [0.5, 0.6) is 0 Å². The third kappa shape index (κ3) is 2.49. The summed E-state index contributed by atoms with van der Waals surface area (Å²) in [5.74, 6) is 2.25. The minimum atomic E-state index is 0.396. The predicted molar refractivity (Wildman–Crippen MR) is 75.7 cm³/mol. The molecule has 5 heteroatoms. The van der Waals surface area contributed by atoms with E-state index in [0.717, 1.165) is 24.2 Å². The van der Waals surface area contributed by atoms with Gasteiger partial charge in [-0.25, -0.2) is 9.97 Å². The molecular weight excluding hydrogens is 283 g/mol. The summed E-state index contributed by atoms with van der Waals surface area (Å²) in [6.07, 6.45) is 4.66. The zero-order valence-corrected chi connectivity index (χ0v) is 12.1. The normalized spacial score (nSPS) is 16.2. The van der Waals surface area contributed by atoms with Crippen LogP contribution in [-0.2, 0) is 0 Å². The van der Waals surface area contributed by atoms with Gasteiger partial charge in [-0.2, -0.15) is 0 Å².